The Kier molecular flexibility index (Phi) is 16.1. The van der Waals surface area contributed by atoms with Crippen molar-refractivity contribution in [1.29, 1.82) is 0 Å². The standard InChI is InChI=1S/C36H49N15O23P4/c1-4-5-48-13-51(29-20(48)31(56)47-36(39)45-29)32-21(52)14(6-65-2)15(70-32)7-68-76(59,60)73-78(63,64)74-77(61,62)69-9-17-25(24(66-3)34(72-17)49-11-42-18-26(37)40-10-41-27(18)49)75(57,58)67-8-16-22(53)23(54)33(71-16)50-12-43-19-28(50)44-35(38)46-30(19)55/h4,10-17,21-25,32-34,52-54H,1,5-9H2,2-3H3,(H11-,37,38,39,40,41,44,45,46,47,55,56,57,58,59,60,61,62,63,64)/p+1/t14-,15-,16-,17-,21-,22-,23-,24-,25-,32-,33-,34-/m1/s1. The molecular weight excluding hydrogens is 1130 g/mol. The molecule has 6 aromatic heterocycles. The van der Waals surface area contributed by atoms with Crippen molar-refractivity contribution in [2.24, 2.45) is 5.92 Å². The van der Waals surface area contributed by atoms with Crippen molar-refractivity contribution in [2.45, 2.75) is 73.6 Å². The third-order valence-corrected chi connectivity index (χ3v) is 18.6. The van der Waals surface area contributed by atoms with Crippen LogP contribution in [0.2, 0.25) is 0 Å². The number of ether oxygens (including phenoxy) is 5. The van der Waals surface area contributed by atoms with Gasteiger partial charge >= 0.3 is 36.7 Å². The molecule has 15 N–H and O–H groups in total. The number of hydrogen-bond acceptors (Lipinski definition) is 28. The minimum Gasteiger partial charge on any atom is -0.387 e. The van der Waals surface area contributed by atoms with Gasteiger partial charge in [-0.25, -0.2) is 38.2 Å². The Morgan fingerprint density at radius 2 is 1.35 bits per heavy atom. The summed E-state index contributed by atoms with van der Waals surface area (Å²) >= 11 is 0. The molecule has 3 aliphatic heterocycles. The van der Waals surface area contributed by atoms with Gasteiger partial charge < -0.3 is 80.3 Å². The number of allylic oxidation sites excluding steroid dienone is 1. The van der Waals surface area contributed by atoms with Gasteiger partial charge in [-0.1, -0.05) is 17.6 Å². The van der Waals surface area contributed by atoms with Crippen molar-refractivity contribution in [3.8, 4) is 0 Å². The first-order chi connectivity index (χ1) is 36.8. The molecule has 0 saturated carbocycles. The number of nitrogens with zero attached hydrogens (tertiary/aromatic N) is 10. The SMILES string of the molecule is C=CCn1c[n+]([C@@H]2O[C@H](COP(=O)(O)OP(=O)(O)OP(=O)(O)OC[C@H]3O[C@@H](n4cnc5c(N)ncnc54)[C@H](OC)[C@@H]3P(=O)(O)OC[C@H]3O[C@@H](n4cnc5c(=O)[nH]c(N)nc54)[C@H](O)[C@@H]3O)[C@@H](COC)[C@H]2O)c2nc(N)[nH]c(=O)c21. The lowest BCUT2D eigenvalue weighted by Gasteiger charge is -2.28. The van der Waals surface area contributed by atoms with Gasteiger partial charge in [-0.3, -0.25) is 46.9 Å². The number of nitrogens with one attached hydrogen (secondary N) is 2. The van der Waals surface area contributed by atoms with Crippen LogP contribution in [0.4, 0.5) is 17.7 Å². The lowest BCUT2D eigenvalue weighted by Crippen LogP contribution is -2.45. The zero-order valence-electron chi connectivity index (χ0n) is 40.2. The Morgan fingerprint density at radius 3 is 2.01 bits per heavy atom. The minimum atomic E-state index is -6.21. The van der Waals surface area contributed by atoms with E-state index >= 15 is 0 Å². The number of nitrogens with two attached hydrogens (primary N) is 3. The summed E-state index contributed by atoms with van der Waals surface area (Å²) in [6.07, 6.45) is -9.85. The van der Waals surface area contributed by atoms with Crippen LogP contribution in [0.25, 0.3) is 33.5 Å². The van der Waals surface area contributed by atoms with Crippen molar-refractivity contribution in [1.82, 2.24) is 53.6 Å². The molecule has 3 fully saturated rings. The number of phosphoric ester groups is 2. The van der Waals surface area contributed by atoms with Gasteiger partial charge in [0, 0.05) is 20.1 Å². The van der Waals surface area contributed by atoms with Gasteiger partial charge in [-0.05, 0) is 0 Å². The second kappa shape index (κ2) is 21.9. The first-order valence-corrected chi connectivity index (χ1v) is 28.7. The first kappa shape index (κ1) is 57.3. The average Bonchev–Trinajstić information content (AvgIpc) is 4.31. The molecule has 3 saturated heterocycles. The van der Waals surface area contributed by atoms with E-state index < -0.39 is 135 Å². The Bertz CT molecular complexity index is 3560. The van der Waals surface area contributed by atoms with Crippen LogP contribution in [0.15, 0.2) is 47.6 Å². The fraction of sp³-hybridized carbons (Fsp3) is 0.528. The van der Waals surface area contributed by atoms with E-state index in [-0.39, 0.29) is 64.4 Å². The van der Waals surface area contributed by atoms with E-state index in [1.807, 2.05) is 0 Å². The summed E-state index contributed by atoms with van der Waals surface area (Å²) in [4.78, 5) is 97.6. The summed E-state index contributed by atoms with van der Waals surface area (Å²) in [6.45, 7) is 0.259. The monoisotopic (exact) mass is 1180 g/mol. The maximum atomic E-state index is 14.4. The van der Waals surface area contributed by atoms with E-state index in [0.29, 0.717) is 0 Å². The third kappa shape index (κ3) is 11.2. The van der Waals surface area contributed by atoms with Crippen LogP contribution in [-0.2, 0) is 70.7 Å². The fourth-order valence-electron chi connectivity index (χ4n) is 9.16. The van der Waals surface area contributed by atoms with Crippen molar-refractivity contribution >= 4 is 82.3 Å². The number of aromatic nitrogens is 12. The average molecular weight is 1180 g/mol. The van der Waals surface area contributed by atoms with Gasteiger partial charge in [-0.15, -0.1) is 0 Å². The number of hydrogen-bond donors (Lipinski definition) is 12. The van der Waals surface area contributed by atoms with Crippen molar-refractivity contribution < 1.29 is 104 Å². The lowest BCUT2D eigenvalue weighted by atomic mass is 9.99. The second-order valence-corrected chi connectivity index (χ2v) is 24.1. The molecule has 0 radical (unpaired) electrons. The van der Waals surface area contributed by atoms with E-state index in [1.165, 1.54) is 33.2 Å². The largest absolute Gasteiger partial charge is 0.490 e. The molecule has 78 heavy (non-hydrogen) atoms. The maximum Gasteiger partial charge on any atom is 0.490 e. The number of aliphatic hydroxyl groups excluding tert-OH is 3. The van der Waals surface area contributed by atoms with Crippen LogP contribution in [0.1, 0.15) is 18.7 Å². The topological polar surface area (TPSA) is 542 Å². The van der Waals surface area contributed by atoms with E-state index in [2.05, 4.69) is 55.1 Å². The Labute approximate surface area is 434 Å². The summed E-state index contributed by atoms with van der Waals surface area (Å²) in [5.74, 6) is -1.75. The maximum absolute atomic E-state index is 14.4. The molecule has 38 nitrogen and oxygen atoms in total. The van der Waals surface area contributed by atoms with Crippen molar-refractivity contribution in [3.63, 3.8) is 0 Å². The number of rotatable bonds is 22. The van der Waals surface area contributed by atoms with Crippen molar-refractivity contribution in [3.05, 3.63) is 58.7 Å². The fourth-order valence-corrected chi connectivity index (χ4v) is 14.4. The molecule has 9 rings (SSSR count). The highest BCUT2D eigenvalue weighted by Gasteiger charge is 2.58. The summed E-state index contributed by atoms with van der Waals surface area (Å²) in [5, 5.41) is 33.4. The molecule has 0 amide bonds. The van der Waals surface area contributed by atoms with Gasteiger partial charge in [0.25, 0.3) is 17.1 Å². The predicted molar refractivity (Wildman–Crippen MR) is 256 cm³/mol. The summed E-state index contributed by atoms with van der Waals surface area (Å²) in [7, 11) is -21.0. The molecule has 4 unspecified atom stereocenters. The minimum absolute atomic E-state index is 0.00149. The molecule has 6 aromatic rings. The molecule has 0 bridgehead atoms. The molecule has 0 aromatic carbocycles. The highest BCUT2D eigenvalue weighted by molar-refractivity contribution is 7.66. The number of nitrogen functional groups attached to an aromatic ring is 3. The number of phosphoric acid groups is 3. The number of anilines is 3. The quantitative estimate of drug-likeness (QED) is 0.0182. The van der Waals surface area contributed by atoms with Gasteiger partial charge in [0.15, 0.2) is 41.4 Å². The van der Waals surface area contributed by atoms with Gasteiger partial charge in [0.2, 0.25) is 17.7 Å². The van der Waals surface area contributed by atoms with E-state index in [1.54, 1.807) is 0 Å². The van der Waals surface area contributed by atoms with Crippen LogP contribution in [0, 0.1) is 5.92 Å². The zero-order chi connectivity index (χ0) is 56.4. The number of imidazole rings is 3. The molecule has 0 aliphatic carbocycles. The van der Waals surface area contributed by atoms with Crippen LogP contribution >= 0.6 is 31.1 Å². The number of H-pyrrole nitrogens is 2. The van der Waals surface area contributed by atoms with Gasteiger partial charge in [-0.2, -0.15) is 13.6 Å². The van der Waals surface area contributed by atoms with Crippen LogP contribution < -0.4 is 32.9 Å². The number of aromatic amines is 2. The predicted octanol–water partition coefficient (Wildman–Crippen LogP) is -3.09. The number of fused-ring (bicyclic) bond motifs is 3. The van der Waals surface area contributed by atoms with E-state index in [0.717, 1.165) is 30.7 Å². The highest BCUT2D eigenvalue weighted by Crippen LogP contribution is 2.68. The first-order valence-electron chi connectivity index (χ1n) is 22.5. The summed E-state index contributed by atoms with van der Waals surface area (Å²) < 4.78 is 112. The molecule has 9 heterocycles. The highest BCUT2D eigenvalue weighted by atomic mass is 31.3. The van der Waals surface area contributed by atoms with Crippen LogP contribution in [0.3, 0.4) is 0 Å². The van der Waals surface area contributed by atoms with Crippen LogP contribution in [-0.4, -0.2) is 178 Å². The third-order valence-electron chi connectivity index (χ3n) is 12.5. The molecular formula is C36H50N15O23P4+. The number of methoxy groups -OCH3 is 2. The molecule has 42 heteroatoms. The summed E-state index contributed by atoms with van der Waals surface area (Å²) in [6, 6.07) is 0. The second-order valence-electron chi connectivity index (χ2n) is 17.4. The van der Waals surface area contributed by atoms with Gasteiger partial charge in [0.05, 0.1) is 51.7 Å². The molecule has 3 aliphatic rings. The van der Waals surface area contributed by atoms with E-state index in [9.17, 15) is 62.7 Å². The normalized spacial score (nSPS) is 29.7. The zero-order valence-corrected chi connectivity index (χ0v) is 43.8. The molecule has 426 valence electrons. The van der Waals surface area contributed by atoms with Crippen molar-refractivity contribution in [2.75, 3.05) is 57.8 Å². The van der Waals surface area contributed by atoms with Gasteiger partial charge in [0.1, 0.15) is 54.1 Å². The molecule has 16 atom stereocenters. The number of aliphatic hydroxyl groups is 3. The van der Waals surface area contributed by atoms with E-state index in [4.69, 9.17) is 54.5 Å². The smallest absolute Gasteiger partial charge is 0.387 e. The summed E-state index contributed by atoms with van der Waals surface area (Å²) in [5.41, 5.74) is 13.7. The lowest BCUT2D eigenvalue weighted by molar-refractivity contribution is -0.746. The van der Waals surface area contributed by atoms with Crippen LogP contribution in [0.5, 0.6) is 0 Å². The Morgan fingerprint density at radius 1 is 0.731 bits per heavy atom. The Hall–Kier alpha value is -5.37. The Balaban J connectivity index is 0.889. The molecule has 0 spiro atoms.